The molecule has 4 aromatic rings. The molecule has 10 heteroatoms. The maximum absolute atomic E-state index is 12.5. The summed E-state index contributed by atoms with van der Waals surface area (Å²) >= 11 is 0. The molecule has 2 aromatic carbocycles. The van der Waals surface area contributed by atoms with Gasteiger partial charge < -0.3 is 18.7 Å². The Kier molecular flexibility index (Phi) is 5.13. The molecule has 0 N–H and O–H groups in total. The van der Waals surface area contributed by atoms with E-state index >= 15 is 0 Å². The highest BCUT2D eigenvalue weighted by atomic mass is 19.4. The minimum Gasteiger partial charge on any atom is -0.496 e. The first-order chi connectivity index (χ1) is 14.4. The van der Waals surface area contributed by atoms with Crippen LogP contribution in [0.2, 0.25) is 0 Å². The molecule has 0 spiro atoms. The van der Waals surface area contributed by atoms with Crippen LogP contribution in [-0.2, 0) is 6.61 Å². The molecule has 0 fully saturated rings. The summed E-state index contributed by atoms with van der Waals surface area (Å²) in [5.74, 6) is 0.566. The minimum atomic E-state index is -4.79. The molecule has 0 unspecified atom stereocenters. The van der Waals surface area contributed by atoms with Crippen molar-refractivity contribution in [3.05, 3.63) is 60.7 Å². The van der Waals surface area contributed by atoms with Crippen molar-refractivity contribution in [2.24, 2.45) is 0 Å². The fraction of sp³-hybridized carbons (Fsp3) is 0.150. The van der Waals surface area contributed by atoms with E-state index in [9.17, 15) is 13.2 Å². The van der Waals surface area contributed by atoms with Crippen LogP contribution >= 0.6 is 0 Å². The number of halogens is 3. The Hall–Kier alpha value is -3.82. The molecule has 7 nitrogen and oxygen atoms in total. The maximum Gasteiger partial charge on any atom is 0.573 e. The van der Waals surface area contributed by atoms with Crippen molar-refractivity contribution in [1.82, 2.24) is 15.1 Å². The lowest BCUT2D eigenvalue weighted by Crippen LogP contribution is -2.17. The number of methoxy groups -OCH3 is 1. The smallest absolute Gasteiger partial charge is 0.496 e. The highest BCUT2D eigenvalue weighted by Gasteiger charge is 2.31. The fourth-order valence-corrected chi connectivity index (χ4v) is 2.83. The SMILES string of the molecule is COc1cc(OC(F)(F)F)ccc1-c1ccc2onc(OCc3ncccn3)c2c1. The van der Waals surface area contributed by atoms with Crippen molar-refractivity contribution < 1.29 is 31.9 Å². The summed E-state index contributed by atoms with van der Waals surface area (Å²) in [5.41, 5.74) is 1.72. The Balaban J connectivity index is 1.64. The lowest BCUT2D eigenvalue weighted by Gasteiger charge is -2.13. The van der Waals surface area contributed by atoms with Crippen LogP contribution in [0.1, 0.15) is 5.82 Å². The molecular weight excluding hydrogens is 403 g/mol. The second-order valence-electron chi connectivity index (χ2n) is 6.06. The Labute approximate surface area is 168 Å². The van der Waals surface area contributed by atoms with Gasteiger partial charge in [0, 0.05) is 24.0 Å². The largest absolute Gasteiger partial charge is 0.573 e. The van der Waals surface area contributed by atoms with E-state index in [1.807, 2.05) is 0 Å². The van der Waals surface area contributed by atoms with Gasteiger partial charge in [-0.2, -0.15) is 0 Å². The number of fused-ring (bicyclic) bond motifs is 1. The van der Waals surface area contributed by atoms with E-state index in [1.165, 1.54) is 25.3 Å². The van der Waals surface area contributed by atoms with Crippen LogP contribution in [0, 0.1) is 0 Å². The van der Waals surface area contributed by atoms with Crippen LogP contribution in [0.15, 0.2) is 59.4 Å². The first kappa shape index (κ1) is 19.5. The average Bonchev–Trinajstić information content (AvgIpc) is 3.14. The van der Waals surface area contributed by atoms with E-state index in [-0.39, 0.29) is 24.0 Å². The molecule has 0 aliphatic rings. The summed E-state index contributed by atoms with van der Waals surface area (Å²) in [6, 6.07) is 10.7. The standard InChI is InChI=1S/C20H14F3N3O4/c1-27-17-10-13(29-20(21,22)23)4-5-14(17)12-3-6-16-15(9-12)19(26-30-16)28-11-18-24-7-2-8-25-18/h2-10H,11H2,1H3. The van der Waals surface area contributed by atoms with Crippen LogP contribution in [0.25, 0.3) is 22.1 Å². The normalized spacial score (nSPS) is 11.5. The van der Waals surface area contributed by atoms with Crippen LogP contribution in [0.5, 0.6) is 17.4 Å². The number of ether oxygens (including phenoxy) is 3. The summed E-state index contributed by atoms with van der Waals surface area (Å²) in [6.07, 6.45) is -1.59. The lowest BCUT2D eigenvalue weighted by atomic mass is 10.0. The molecule has 4 rings (SSSR count). The van der Waals surface area contributed by atoms with Crippen LogP contribution < -0.4 is 14.2 Å². The highest BCUT2D eigenvalue weighted by molar-refractivity contribution is 5.88. The van der Waals surface area contributed by atoms with Crippen molar-refractivity contribution in [3.8, 4) is 28.5 Å². The Morgan fingerprint density at radius 3 is 2.57 bits per heavy atom. The zero-order chi connectivity index (χ0) is 21.1. The van der Waals surface area contributed by atoms with Gasteiger partial charge in [-0.15, -0.1) is 13.2 Å². The molecule has 0 aliphatic carbocycles. The summed E-state index contributed by atoms with van der Waals surface area (Å²) in [6.45, 7) is 0.0967. The second-order valence-corrected chi connectivity index (χ2v) is 6.06. The predicted octanol–water partition coefficient (Wildman–Crippen LogP) is 4.77. The average molecular weight is 417 g/mol. The van der Waals surface area contributed by atoms with Crippen molar-refractivity contribution in [3.63, 3.8) is 0 Å². The predicted molar refractivity (Wildman–Crippen MR) is 99.0 cm³/mol. The summed E-state index contributed by atoms with van der Waals surface area (Å²) in [7, 11) is 1.36. The molecule has 30 heavy (non-hydrogen) atoms. The first-order valence-electron chi connectivity index (χ1n) is 8.65. The van der Waals surface area contributed by atoms with Gasteiger partial charge in [-0.1, -0.05) is 6.07 Å². The van der Waals surface area contributed by atoms with Crippen LogP contribution in [0.4, 0.5) is 13.2 Å². The number of hydrogen-bond acceptors (Lipinski definition) is 7. The van der Waals surface area contributed by atoms with E-state index in [1.54, 1.807) is 36.7 Å². The third-order valence-electron chi connectivity index (χ3n) is 4.11. The Bertz CT molecular complexity index is 1160. The molecule has 0 saturated heterocycles. The third-order valence-corrected chi connectivity index (χ3v) is 4.11. The molecule has 0 amide bonds. The molecule has 0 radical (unpaired) electrons. The van der Waals surface area contributed by atoms with E-state index in [0.717, 1.165) is 0 Å². The summed E-state index contributed by atoms with van der Waals surface area (Å²) < 4.78 is 57.6. The van der Waals surface area contributed by atoms with Crippen LogP contribution in [0.3, 0.4) is 0 Å². The van der Waals surface area contributed by atoms with Crippen molar-refractivity contribution in [2.75, 3.05) is 7.11 Å². The Morgan fingerprint density at radius 2 is 1.83 bits per heavy atom. The van der Waals surface area contributed by atoms with Gasteiger partial charge in [0.2, 0.25) is 0 Å². The highest BCUT2D eigenvalue weighted by Crippen LogP contribution is 2.37. The first-order valence-corrected chi connectivity index (χ1v) is 8.65. The zero-order valence-electron chi connectivity index (χ0n) is 15.5. The fourth-order valence-electron chi connectivity index (χ4n) is 2.83. The number of rotatable bonds is 6. The molecule has 0 aliphatic heterocycles. The van der Waals surface area contributed by atoms with Crippen molar-refractivity contribution in [2.45, 2.75) is 13.0 Å². The quantitative estimate of drug-likeness (QED) is 0.447. The third kappa shape index (κ3) is 4.27. The number of nitrogens with zero attached hydrogens (tertiary/aromatic N) is 3. The molecular formula is C20H14F3N3O4. The molecule has 0 bridgehead atoms. The van der Waals surface area contributed by atoms with Gasteiger partial charge in [0.25, 0.3) is 5.88 Å². The molecule has 154 valence electrons. The van der Waals surface area contributed by atoms with Gasteiger partial charge in [0.1, 0.15) is 18.1 Å². The minimum absolute atomic E-state index is 0.0967. The lowest BCUT2D eigenvalue weighted by molar-refractivity contribution is -0.274. The van der Waals surface area contributed by atoms with Crippen LogP contribution in [-0.4, -0.2) is 28.6 Å². The van der Waals surface area contributed by atoms with E-state index < -0.39 is 6.36 Å². The monoisotopic (exact) mass is 417 g/mol. The topological polar surface area (TPSA) is 79.5 Å². The van der Waals surface area contributed by atoms with Gasteiger partial charge in [-0.05, 0) is 41.1 Å². The summed E-state index contributed by atoms with van der Waals surface area (Å²) in [5, 5.41) is 4.50. The number of alkyl halides is 3. The van der Waals surface area contributed by atoms with E-state index in [2.05, 4.69) is 19.9 Å². The zero-order valence-corrected chi connectivity index (χ0v) is 15.5. The van der Waals surface area contributed by atoms with Gasteiger partial charge in [-0.3, -0.25) is 0 Å². The van der Waals surface area contributed by atoms with Gasteiger partial charge in [-0.25, -0.2) is 9.97 Å². The molecule has 2 aromatic heterocycles. The summed E-state index contributed by atoms with van der Waals surface area (Å²) in [4.78, 5) is 8.15. The molecule has 0 atom stereocenters. The molecule has 0 saturated carbocycles. The van der Waals surface area contributed by atoms with Gasteiger partial charge in [0.15, 0.2) is 11.4 Å². The van der Waals surface area contributed by atoms with Gasteiger partial charge >= 0.3 is 6.36 Å². The van der Waals surface area contributed by atoms with Crippen molar-refractivity contribution in [1.29, 1.82) is 0 Å². The van der Waals surface area contributed by atoms with E-state index in [0.29, 0.717) is 27.9 Å². The van der Waals surface area contributed by atoms with Gasteiger partial charge in [0.05, 0.1) is 12.5 Å². The second kappa shape index (κ2) is 7.90. The van der Waals surface area contributed by atoms with E-state index in [4.69, 9.17) is 14.0 Å². The number of hydrogen-bond donors (Lipinski definition) is 0. The Morgan fingerprint density at radius 1 is 1.03 bits per heavy atom. The maximum atomic E-state index is 12.5. The van der Waals surface area contributed by atoms with Crippen molar-refractivity contribution >= 4 is 11.0 Å². The number of benzene rings is 2. The number of aromatic nitrogens is 3. The molecule has 2 heterocycles.